The Morgan fingerprint density at radius 2 is 2.13 bits per heavy atom. The van der Waals surface area contributed by atoms with Crippen molar-refractivity contribution in [2.75, 3.05) is 6.61 Å². The van der Waals surface area contributed by atoms with Gasteiger partial charge in [-0.15, -0.1) is 6.42 Å². The molecule has 0 aromatic heterocycles. The zero-order valence-corrected chi connectivity index (χ0v) is 9.43. The molecule has 7 heteroatoms. The maximum absolute atomic E-state index is 11.2. The monoisotopic (exact) mass is 234 g/mol. The average Bonchev–Trinajstić information content (AvgIpc) is 2.13. The Hall–Kier alpha value is -1.26. The summed E-state index contributed by atoms with van der Waals surface area (Å²) in [4.78, 5) is 10.8. The molecular formula is C8H14N2O4S. The summed E-state index contributed by atoms with van der Waals surface area (Å²) in [7, 11) is -3.94. The summed E-state index contributed by atoms with van der Waals surface area (Å²) in [6.07, 6.45) is 4.46. The summed E-state index contributed by atoms with van der Waals surface area (Å²) in [5.74, 6) is 2.23. The van der Waals surface area contributed by atoms with Crippen LogP contribution in [0.15, 0.2) is 0 Å². The Bertz CT molecular complexity index is 344. The lowest BCUT2D eigenvalue weighted by molar-refractivity contribution is 0.158. The second kappa shape index (κ2) is 6.27. The van der Waals surface area contributed by atoms with Crippen LogP contribution >= 0.6 is 0 Å². The fourth-order valence-corrected chi connectivity index (χ4v) is 1.67. The van der Waals surface area contributed by atoms with E-state index < -0.39 is 22.3 Å². The first-order chi connectivity index (χ1) is 6.95. The lowest BCUT2D eigenvalue weighted by Gasteiger charge is -2.11. The normalized spacial score (nSPS) is 12.6. The molecular weight excluding hydrogens is 220 g/mol. The van der Waals surface area contributed by atoms with Crippen molar-refractivity contribution in [3.05, 3.63) is 0 Å². The lowest BCUT2D eigenvalue weighted by Crippen LogP contribution is -2.44. The summed E-state index contributed by atoms with van der Waals surface area (Å²) < 4.78 is 30.6. The first-order valence-corrected chi connectivity index (χ1v) is 5.86. The van der Waals surface area contributed by atoms with Crippen molar-refractivity contribution in [3.63, 3.8) is 0 Å². The van der Waals surface area contributed by atoms with Crippen LogP contribution in [-0.2, 0) is 14.9 Å². The fourth-order valence-electron chi connectivity index (χ4n) is 0.722. The van der Waals surface area contributed by atoms with Gasteiger partial charge in [-0.2, -0.15) is 13.1 Å². The summed E-state index contributed by atoms with van der Waals surface area (Å²) in [5, 5.41) is 0. The maximum Gasteiger partial charge on any atom is 0.421 e. The Labute approximate surface area is 89.6 Å². The molecule has 2 N–H and O–H groups in total. The van der Waals surface area contributed by atoms with Gasteiger partial charge < -0.3 is 4.74 Å². The van der Waals surface area contributed by atoms with Crippen molar-refractivity contribution in [1.29, 1.82) is 0 Å². The standard InChI is InChI=1S/C8H14N2O4S/c1-4-7(5-2)9-15(12,13)10-8(11)14-6-3/h1,7,9H,5-6H2,2-3H3,(H,10,11). The molecule has 0 rings (SSSR count). The third-order valence-electron chi connectivity index (χ3n) is 1.40. The molecule has 15 heavy (non-hydrogen) atoms. The van der Waals surface area contributed by atoms with Gasteiger partial charge in [-0.05, 0) is 13.3 Å². The van der Waals surface area contributed by atoms with Gasteiger partial charge in [-0.1, -0.05) is 12.8 Å². The van der Waals surface area contributed by atoms with E-state index in [-0.39, 0.29) is 6.61 Å². The van der Waals surface area contributed by atoms with E-state index >= 15 is 0 Å². The van der Waals surface area contributed by atoms with Crippen LogP contribution in [0.4, 0.5) is 4.79 Å². The molecule has 0 radical (unpaired) electrons. The Morgan fingerprint density at radius 1 is 1.53 bits per heavy atom. The number of amides is 1. The van der Waals surface area contributed by atoms with Crippen LogP contribution in [0.5, 0.6) is 0 Å². The molecule has 6 nitrogen and oxygen atoms in total. The molecule has 1 amide bonds. The van der Waals surface area contributed by atoms with E-state index in [1.165, 1.54) is 0 Å². The molecule has 0 spiro atoms. The SMILES string of the molecule is C#CC(CC)NS(=O)(=O)NC(=O)OCC. The molecule has 0 saturated carbocycles. The molecule has 1 unspecified atom stereocenters. The van der Waals surface area contributed by atoms with E-state index in [9.17, 15) is 13.2 Å². The number of rotatable bonds is 5. The highest BCUT2D eigenvalue weighted by Crippen LogP contribution is 1.91. The van der Waals surface area contributed by atoms with Crippen molar-refractivity contribution in [2.45, 2.75) is 26.3 Å². The number of carbonyl (C=O) groups excluding carboxylic acids is 1. The summed E-state index contributed by atoms with van der Waals surface area (Å²) in [6, 6.07) is -0.642. The minimum atomic E-state index is -3.94. The Morgan fingerprint density at radius 3 is 2.53 bits per heavy atom. The topological polar surface area (TPSA) is 84.5 Å². The minimum Gasteiger partial charge on any atom is -0.449 e. The number of nitrogens with one attached hydrogen (secondary N) is 2. The largest absolute Gasteiger partial charge is 0.449 e. The van der Waals surface area contributed by atoms with Gasteiger partial charge in [0, 0.05) is 0 Å². The third-order valence-corrected chi connectivity index (χ3v) is 2.43. The molecule has 86 valence electrons. The second-order valence-electron chi connectivity index (χ2n) is 2.57. The van der Waals surface area contributed by atoms with Gasteiger partial charge in [0.2, 0.25) is 0 Å². The zero-order chi connectivity index (χ0) is 11.9. The highest BCUT2D eigenvalue weighted by atomic mass is 32.2. The minimum absolute atomic E-state index is 0.0910. The van der Waals surface area contributed by atoms with Crippen LogP contribution in [0.3, 0.4) is 0 Å². The van der Waals surface area contributed by atoms with E-state index in [0.29, 0.717) is 6.42 Å². The quantitative estimate of drug-likeness (QED) is 0.655. The summed E-state index contributed by atoms with van der Waals surface area (Å²) >= 11 is 0. The number of carbonyl (C=O) groups is 1. The van der Waals surface area contributed by atoms with E-state index in [0.717, 1.165) is 0 Å². The van der Waals surface area contributed by atoms with Gasteiger partial charge in [0.1, 0.15) is 0 Å². The molecule has 0 bridgehead atoms. The number of hydrogen-bond acceptors (Lipinski definition) is 4. The highest BCUT2D eigenvalue weighted by Gasteiger charge is 2.17. The Kier molecular flexibility index (Phi) is 5.74. The molecule has 0 saturated heterocycles. The number of ether oxygens (including phenoxy) is 1. The smallest absolute Gasteiger partial charge is 0.421 e. The molecule has 0 aliphatic carbocycles. The zero-order valence-electron chi connectivity index (χ0n) is 8.61. The molecule has 0 aliphatic rings. The van der Waals surface area contributed by atoms with Crippen LogP contribution in [-0.4, -0.2) is 27.2 Å². The van der Waals surface area contributed by atoms with Crippen LogP contribution in [0, 0.1) is 12.3 Å². The van der Waals surface area contributed by atoms with Crippen LogP contribution in [0.2, 0.25) is 0 Å². The van der Waals surface area contributed by atoms with Crippen molar-refractivity contribution < 1.29 is 17.9 Å². The van der Waals surface area contributed by atoms with E-state index in [2.05, 4.69) is 15.4 Å². The first kappa shape index (κ1) is 13.7. The predicted octanol–water partition coefficient (Wildman–Crippen LogP) is -0.0213. The third kappa shape index (κ3) is 5.93. The van der Waals surface area contributed by atoms with E-state index in [4.69, 9.17) is 6.42 Å². The maximum atomic E-state index is 11.2. The molecule has 0 aromatic carbocycles. The molecule has 0 aromatic rings. The van der Waals surface area contributed by atoms with Gasteiger partial charge in [-0.3, -0.25) is 0 Å². The Balaban J connectivity index is 4.32. The summed E-state index contributed by atoms with van der Waals surface area (Å²) in [6.45, 7) is 3.38. The van der Waals surface area contributed by atoms with Crippen LogP contribution in [0.1, 0.15) is 20.3 Å². The molecule has 0 heterocycles. The molecule has 1 atom stereocenters. The van der Waals surface area contributed by atoms with Crippen molar-refractivity contribution >= 4 is 16.3 Å². The van der Waals surface area contributed by atoms with Crippen molar-refractivity contribution in [3.8, 4) is 12.3 Å². The van der Waals surface area contributed by atoms with Gasteiger partial charge in [0.05, 0.1) is 12.6 Å². The van der Waals surface area contributed by atoms with E-state index in [1.807, 2.05) is 0 Å². The number of hydrogen-bond donors (Lipinski definition) is 2. The summed E-state index contributed by atoms with van der Waals surface area (Å²) in [5.41, 5.74) is 0. The fraction of sp³-hybridized carbons (Fsp3) is 0.625. The first-order valence-electron chi connectivity index (χ1n) is 4.38. The van der Waals surface area contributed by atoms with Crippen molar-refractivity contribution in [2.24, 2.45) is 0 Å². The second-order valence-corrected chi connectivity index (χ2v) is 4.02. The number of terminal acetylenes is 1. The van der Waals surface area contributed by atoms with Crippen LogP contribution < -0.4 is 9.44 Å². The molecule has 0 aliphatic heterocycles. The predicted molar refractivity (Wildman–Crippen MR) is 55.1 cm³/mol. The average molecular weight is 234 g/mol. The highest BCUT2D eigenvalue weighted by molar-refractivity contribution is 7.88. The molecule has 0 fully saturated rings. The van der Waals surface area contributed by atoms with Gasteiger partial charge >= 0.3 is 16.3 Å². The van der Waals surface area contributed by atoms with Crippen molar-refractivity contribution in [1.82, 2.24) is 9.44 Å². The lowest BCUT2D eigenvalue weighted by atomic mass is 10.3. The van der Waals surface area contributed by atoms with Gasteiger partial charge in [0.15, 0.2) is 0 Å². The van der Waals surface area contributed by atoms with Gasteiger partial charge in [0.25, 0.3) is 0 Å². The van der Waals surface area contributed by atoms with E-state index in [1.54, 1.807) is 18.6 Å². The van der Waals surface area contributed by atoms with Crippen LogP contribution in [0.25, 0.3) is 0 Å². The van der Waals surface area contributed by atoms with Gasteiger partial charge in [-0.25, -0.2) is 9.52 Å².